The molecule has 11 heteroatoms. The van der Waals surface area contributed by atoms with Gasteiger partial charge in [-0.25, -0.2) is 13.8 Å². The molecule has 0 aliphatic rings. The van der Waals surface area contributed by atoms with Gasteiger partial charge in [0.15, 0.2) is 5.65 Å². The average Bonchev–Trinajstić information content (AvgIpc) is 2.97. The molecule has 0 saturated carbocycles. The third-order valence-electron chi connectivity index (χ3n) is 6.91. The predicted octanol–water partition coefficient (Wildman–Crippen LogP) is 4.29. The van der Waals surface area contributed by atoms with Crippen molar-refractivity contribution >= 4 is 28.6 Å². The number of aliphatic hydroxyl groups excluding tert-OH is 2. The van der Waals surface area contributed by atoms with Crippen molar-refractivity contribution in [2.45, 2.75) is 26.3 Å². The van der Waals surface area contributed by atoms with E-state index in [2.05, 4.69) is 20.6 Å². The molecule has 0 aliphatic carbocycles. The van der Waals surface area contributed by atoms with Gasteiger partial charge in [-0.3, -0.25) is 14.2 Å². The van der Waals surface area contributed by atoms with E-state index in [1.165, 1.54) is 18.2 Å². The second-order valence-electron chi connectivity index (χ2n) is 10.2. The molecule has 0 spiro atoms. The molecule has 1 amide bonds. The number of rotatable bonds is 9. The molecular weight excluding hydrogens is 556 g/mol. The molecule has 4 N–H and O–H groups in total. The third kappa shape index (κ3) is 6.27. The molecule has 220 valence electrons. The van der Waals surface area contributed by atoms with Crippen molar-refractivity contribution in [1.82, 2.24) is 14.5 Å². The van der Waals surface area contributed by atoms with Gasteiger partial charge in [0.05, 0.1) is 31.4 Å². The summed E-state index contributed by atoms with van der Waals surface area (Å²) in [6.45, 7) is 2.86. The van der Waals surface area contributed by atoms with Crippen molar-refractivity contribution in [1.29, 1.82) is 0 Å². The molecule has 2 heterocycles. The Morgan fingerprint density at radius 1 is 0.930 bits per heavy atom. The van der Waals surface area contributed by atoms with E-state index in [0.717, 1.165) is 33.4 Å². The molecule has 43 heavy (non-hydrogen) atoms. The Hall–Kier alpha value is -5.00. The van der Waals surface area contributed by atoms with Gasteiger partial charge in [0.25, 0.3) is 5.56 Å². The second kappa shape index (κ2) is 12.5. The number of amides is 1. The predicted molar refractivity (Wildman–Crippen MR) is 160 cm³/mol. The van der Waals surface area contributed by atoms with Crippen LogP contribution in [0.25, 0.3) is 28.0 Å². The molecule has 0 unspecified atom stereocenters. The summed E-state index contributed by atoms with van der Waals surface area (Å²) in [5.41, 5.74) is 2.53. The number of nitrogens with zero attached hydrogens (tertiary/aromatic N) is 3. The van der Waals surface area contributed by atoms with Crippen molar-refractivity contribution in [3.63, 3.8) is 0 Å². The van der Waals surface area contributed by atoms with E-state index < -0.39 is 42.1 Å². The molecular formula is C32H29F2N5O4. The average molecular weight is 586 g/mol. The van der Waals surface area contributed by atoms with E-state index >= 15 is 0 Å². The second-order valence-corrected chi connectivity index (χ2v) is 10.2. The first kappa shape index (κ1) is 29.5. The number of para-hydroxylation sites is 1. The normalized spacial score (nSPS) is 11.2. The number of carbonyl (C=O) groups excluding carboxylic acids is 1. The highest BCUT2D eigenvalue weighted by molar-refractivity contribution is 5.96. The summed E-state index contributed by atoms with van der Waals surface area (Å²) < 4.78 is 30.7. The highest BCUT2D eigenvalue weighted by Gasteiger charge is 2.21. The molecule has 5 aromatic rings. The van der Waals surface area contributed by atoms with E-state index in [1.54, 1.807) is 18.2 Å². The molecule has 0 fully saturated rings. The van der Waals surface area contributed by atoms with Gasteiger partial charge in [0, 0.05) is 22.7 Å². The Balaban J connectivity index is 1.67. The summed E-state index contributed by atoms with van der Waals surface area (Å²) in [5, 5.41) is 25.3. The molecule has 3 aromatic carbocycles. The topological polar surface area (TPSA) is 129 Å². The lowest BCUT2D eigenvalue weighted by Gasteiger charge is -2.18. The maximum absolute atomic E-state index is 14.9. The van der Waals surface area contributed by atoms with Crippen molar-refractivity contribution in [3.8, 4) is 16.9 Å². The third-order valence-corrected chi connectivity index (χ3v) is 6.91. The fourth-order valence-corrected chi connectivity index (χ4v) is 4.80. The van der Waals surface area contributed by atoms with Crippen LogP contribution in [0.3, 0.4) is 0 Å². The number of halogens is 2. The molecule has 5 rings (SSSR count). The van der Waals surface area contributed by atoms with E-state index in [4.69, 9.17) is 0 Å². The lowest BCUT2D eigenvalue weighted by molar-refractivity contribution is -0.115. The first-order chi connectivity index (χ1) is 20.7. The molecule has 0 radical (unpaired) electrons. The summed E-state index contributed by atoms with van der Waals surface area (Å²) in [4.78, 5) is 34.9. The molecule has 2 aromatic heterocycles. The Morgan fingerprint density at radius 2 is 1.65 bits per heavy atom. The van der Waals surface area contributed by atoms with E-state index in [1.807, 2.05) is 38.1 Å². The van der Waals surface area contributed by atoms with Crippen LogP contribution in [0, 0.1) is 25.5 Å². The molecule has 0 bridgehead atoms. The smallest absolute Gasteiger partial charge is 0.256 e. The van der Waals surface area contributed by atoms with Crippen molar-refractivity contribution < 1.29 is 23.8 Å². The van der Waals surface area contributed by atoms with Gasteiger partial charge in [0.2, 0.25) is 11.9 Å². The van der Waals surface area contributed by atoms with Gasteiger partial charge in [-0.15, -0.1) is 0 Å². The standard InChI is InChI=1S/C32H29F2N5O4/c1-18-5-3-6-20(13-18)14-27(42)35-21-10-9-19(2)24(15-21)29-23-11-12-28(43)39(30-25(33)7-4-8-26(30)34)31(23)38-32(37-29)36-22(16-40)17-41/h3-13,15,22,40-41H,14,16-17H2,1-2H3,(H,35,42)(H,36,37,38). The Morgan fingerprint density at radius 3 is 2.35 bits per heavy atom. The van der Waals surface area contributed by atoms with Gasteiger partial charge in [-0.2, -0.15) is 4.98 Å². The van der Waals surface area contributed by atoms with Crippen LogP contribution in [0.15, 0.2) is 77.6 Å². The summed E-state index contributed by atoms with van der Waals surface area (Å²) in [5.74, 6) is -2.27. The zero-order valence-corrected chi connectivity index (χ0v) is 23.4. The Bertz CT molecular complexity index is 1870. The number of carbonyl (C=O) groups is 1. The van der Waals surface area contributed by atoms with Crippen molar-refractivity contribution in [2.24, 2.45) is 0 Å². The number of hydrogen-bond donors (Lipinski definition) is 4. The number of benzene rings is 3. The largest absolute Gasteiger partial charge is 0.394 e. The van der Waals surface area contributed by atoms with Crippen LogP contribution in [-0.2, 0) is 11.2 Å². The van der Waals surface area contributed by atoms with Gasteiger partial charge >= 0.3 is 0 Å². The monoisotopic (exact) mass is 585 g/mol. The maximum atomic E-state index is 14.9. The Labute approximate surface area is 245 Å². The molecule has 0 atom stereocenters. The number of aliphatic hydroxyl groups is 2. The number of aromatic nitrogens is 3. The van der Waals surface area contributed by atoms with Crippen LogP contribution in [0.4, 0.5) is 20.4 Å². The minimum Gasteiger partial charge on any atom is -0.394 e. The van der Waals surface area contributed by atoms with Crippen LogP contribution in [-0.4, -0.2) is 49.9 Å². The van der Waals surface area contributed by atoms with Crippen LogP contribution in [0.1, 0.15) is 16.7 Å². The zero-order valence-electron chi connectivity index (χ0n) is 23.4. The number of pyridine rings is 1. The fraction of sp³-hybridized carbons (Fsp3) is 0.188. The van der Waals surface area contributed by atoms with Crippen LogP contribution in [0.5, 0.6) is 0 Å². The van der Waals surface area contributed by atoms with Crippen molar-refractivity contribution in [3.05, 3.63) is 111 Å². The van der Waals surface area contributed by atoms with E-state index in [0.29, 0.717) is 22.3 Å². The minimum atomic E-state index is -0.970. The number of fused-ring (bicyclic) bond motifs is 1. The lowest BCUT2D eigenvalue weighted by Crippen LogP contribution is -2.29. The van der Waals surface area contributed by atoms with E-state index in [-0.39, 0.29) is 23.9 Å². The number of nitrogens with one attached hydrogen (secondary N) is 2. The van der Waals surface area contributed by atoms with Crippen molar-refractivity contribution in [2.75, 3.05) is 23.8 Å². The summed E-state index contributed by atoms with van der Waals surface area (Å²) in [7, 11) is 0. The van der Waals surface area contributed by atoms with E-state index in [9.17, 15) is 28.6 Å². The first-order valence-electron chi connectivity index (χ1n) is 13.5. The number of aryl methyl sites for hydroxylation is 2. The highest BCUT2D eigenvalue weighted by Crippen LogP contribution is 2.33. The van der Waals surface area contributed by atoms with Gasteiger partial charge in [-0.05, 0) is 55.3 Å². The van der Waals surface area contributed by atoms with Crippen LogP contribution in [0.2, 0.25) is 0 Å². The highest BCUT2D eigenvalue weighted by atomic mass is 19.1. The molecule has 9 nitrogen and oxygen atoms in total. The molecule has 0 saturated heterocycles. The summed E-state index contributed by atoms with van der Waals surface area (Å²) >= 11 is 0. The van der Waals surface area contributed by atoms with Gasteiger partial charge in [0.1, 0.15) is 17.3 Å². The summed E-state index contributed by atoms with van der Waals surface area (Å²) in [6.07, 6.45) is 0.166. The fourth-order valence-electron chi connectivity index (χ4n) is 4.80. The summed E-state index contributed by atoms with van der Waals surface area (Å²) in [6, 6.07) is 17.9. The quantitative estimate of drug-likeness (QED) is 0.203. The van der Waals surface area contributed by atoms with Gasteiger partial charge < -0.3 is 20.8 Å². The minimum absolute atomic E-state index is 0.0972. The maximum Gasteiger partial charge on any atom is 0.256 e. The van der Waals surface area contributed by atoms with Crippen LogP contribution < -0.4 is 16.2 Å². The van der Waals surface area contributed by atoms with Crippen LogP contribution >= 0.6 is 0 Å². The Kier molecular flexibility index (Phi) is 8.56. The van der Waals surface area contributed by atoms with Gasteiger partial charge in [-0.1, -0.05) is 42.0 Å². The SMILES string of the molecule is Cc1cccc(CC(=O)Nc2ccc(C)c(-c3nc(NC(CO)CO)nc4c3ccc(=O)n4-c3c(F)cccc3F)c2)c1. The lowest BCUT2D eigenvalue weighted by atomic mass is 10.0. The zero-order chi connectivity index (χ0) is 30.7. The number of anilines is 2. The molecule has 0 aliphatic heterocycles. The number of hydrogen-bond acceptors (Lipinski definition) is 7. The first-order valence-corrected chi connectivity index (χ1v) is 13.5.